The molecule has 0 spiro atoms. The summed E-state index contributed by atoms with van der Waals surface area (Å²) in [4.78, 5) is 10.9. The van der Waals surface area contributed by atoms with Crippen LogP contribution in [0.3, 0.4) is 0 Å². The second-order valence-corrected chi connectivity index (χ2v) is 5.08. The number of benzene rings is 1. The highest BCUT2D eigenvalue weighted by Gasteiger charge is 2.08. The Hall–Kier alpha value is -1.07. The minimum atomic E-state index is -0.272. The van der Waals surface area contributed by atoms with E-state index in [2.05, 4.69) is 10.1 Å². The summed E-state index contributed by atoms with van der Waals surface area (Å²) in [6, 6.07) is 10.1. The van der Waals surface area contributed by atoms with E-state index in [-0.39, 0.29) is 17.8 Å². The van der Waals surface area contributed by atoms with Crippen molar-refractivity contribution in [3.63, 3.8) is 0 Å². The zero-order chi connectivity index (χ0) is 12.7. The highest BCUT2D eigenvalue weighted by molar-refractivity contribution is 8.23. The molecule has 0 aliphatic heterocycles. The first-order valence-corrected chi connectivity index (χ1v) is 6.58. The molecule has 0 aromatic heterocycles. The molecule has 1 atom stereocenters. The van der Waals surface area contributed by atoms with Gasteiger partial charge in [0.05, 0.1) is 12.9 Å². The van der Waals surface area contributed by atoms with Crippen molar-refractivity contribution in [2.45, 2.75) is 13.0 Å². The summed E-state index contributed by atoms with van der Waals surface area (Å²) in [5.41, 5.74) is 1.16. The fraction of sp³-hybridized carbons (Fsp3) is 0.333. The van der Waals surface area contributed by atoms with Crippen LogP contribution >= 0.6 is 24.0 Å². The highest BCUT2D eigenvalue weighted by atomic mass is 32.2. The first-order chi connectivity index (χ1) is 8.13. The smallest absolute Gasteiger partial charge is 0.316 e. The van der Waals surface area contributed by atoms with Gasteiger partial charge >= 0.3 is 5.97 Å². The van der Waals surface area contributed by atoms with E-state index in [1.807, 2.05) is 37.3 Å². The third-order valence-corrected chi connectivity index (χ3v) is 3.41. The van der Waals surface area contributed by atoms with Crippen molar-refractivity contribution in [2.24, 2.45) is 0 Å². The van der Waals surface area contributed by atoms with E-state index in [0.717, 1.165) is 5.56 Å². The molecular weight excluding hydrogens is 254 g/mol. The predicted octanol–water partition coefficient (Wildman–Crippen LogP) is 2.53. The molecule has 1 rings (SSSR count). The van der Waals surface area contributed by atoms with Crippen LogP contribution in [-0.2, 0) is 9.53 Å². The molecule has 3 nitrogen and oxygen atoms in total. The predicted molar refractivity (Wildman–Crippen MR) is 75.1 cm³/mol. The number of hydrogen-bond acceptors (Lipinski definition) is 4. The number of nitrogens with one attached hydrogen (secondary N) is 1. The Morgan fingerprint density at radius 1 is 1.47 bits per heavy atom. The minimum Gasteiger partial charge on any atom is -0.468 e. The lowest BCUT2D eigenvalue weighted by molar-refractivity contribution is -0.137. The molecular formula is C12H15NO2S2. The van der Waals surface area contributed by atoms with Crippen LogP contribution in [0.2, 0.25) is 0 Å². The first kappa shape index (κ1) is 14.0. The number of hydrogen-bond donors (Lipinski definition) is 1. The molecule has 92 valence electrons. The topological polar surface area (TPSA) is 38.3 Å². The Balaban J connectivity index is 2.39. The van der Waals surface area contributed by atoms with Gasteiger partial charge in [-0.2, -0.15) is 0 Å². The molecule has 0 unspecified atom stereocenters. The van der Waals surface area contributed by atoms with E-state index in [9.17, 15) is 4.79 Å². The van der Waals surface area contributed by atoms with Gasteiger partial charge in [-0.1, -0.05) is 54.3 Å². The van der Waals surface area contributed by atoms with Gasteiger partial charge < -0.3 is 10.1 Å². The lowest BCUT2D eigenvalue weighted by Crippen LogP contribution is -2.23. The van der Waals surface area contributed by atoms with Gasteiger partial charge in [0, 0.05) is 6.04 Å². The maximum Gasteiger partial charge on any atom is 0.316 e. The minimum absolute atomic E-state index is 0.133. The Morgan fingerprint density at radius 2 is 2.12 bits per heavy atom. The normalized spacial score (nSPS) is 11.6. The molecule has 1 aromatic carbocycles. The van der Waals surface area contributed by atoms with Crippen molar-refractivity contribution in [2.75, 3.05) is 12.9 Å². The van der Waals surface area contributed by atoms with Gasteiger partial charge in [-0.3, -0.25) is 4.79 Å². The molecule has 0 heterocycles. The van der Waals surface area contributed by atoms with E-state index < -0.39 is 0 Å². The van der Waals surface area contributed by atoms with Crippen LogP contribution < -0.4 is 5.32 Å². The lowest BCUT2D eigenvalue weighted by Gasteiger charge is -2.15. The average Bonchev–Trinajstić information content (AvgIpc) is 2.36. The highest BCUT2D eigenvalue weighted by Crippen LogP contribution is 2.13. The largest absolute Gasteiger partial charge is 0.468 e. The van der Waals surface area contributed by atoms with Gasteiger partial charge in [0.15, 0.2) is 0 Å². The van der Waals surface area contributed by atoms with Crippen molar-refractivity contribution >= 4 is 34.3 Å². The zero-order valence-corrected chi connectivity index (χ0v) is 11.4. The quantitative estimate of drug-likeness (QED) is 0.671. The summed E-state index contributed by atoms with van der Waals surface area (Å²) in [5, 5.41) is 3.16. The third kappa shape index (κ3) is 5.19. The van der Waals surface area contributed by atoms with Crippen LogP contribution in [0.5, 0.6) is 0 Å². The molecule has 1 N–H and O–H groups in total. The van der Waals surface area contributed by atoms with Crippen molar-refractivity contribution in [3.05, 3.63) is 35.9 Å². The van der Waals surface area contributed by atoms with Crippen LogP contribution in [0.15, 0.2) is 30.3 Å². The number of rotatable bonds is 4. The molecule has 0 amide bonds. The summed E-state index contributed by atoms with van der Waals surface area (Å²) >= 11 is 6.42. The second-order valence-electron chi connectivity index (χ2n) is 3.43. The summed E-state index contributed by atoms with van der Waals surface area (Å²) in [7, 11) is 1.37. The van der Waals surface area contributed by atoms with Crippen molar-refractivity contribution < 1.29 is 9.53 Å². The molecule has 0 saturated carbocycles. The van der Waals surface area contributed by atoms with E-state index in [1.54, 1.807) is 0 Å². The monoisotopic (exact) mass is 269 g/mol. The molecule has 0 saturated heterocycles. The number of ether oxygens (including phenoxy) is 1. The van der Waals surface area contributed by atoms with Crippen molar-refractivity contribution in [1.82, 2.24) is 5.32 Å². The van der Waals surface area contributed by atoms with Gasteiger partial charge in [0.2, 0.25) is 0 Å². The van der Waals surface area contributed by atoms with Crippen LogP contribution in [0, 0.1) is 0 Å². The van der Waals surface area contributed by atoms with Gasteiger partial charge in [-0.15, -0.1) is 0 Å². The SMILES string of the molecule is COC(=O)CSC(=S)N[C@@H](C)c1ccccc1. The molecule has 17 heavy (non-hydrogen) atoms. The number of thiocarbonyl (C=S) groups is 1. The van der Waals surface area contributed by atoms with Gasteiger partial charge in [0.1, 0.15) is 4.32 Å². The summed E-state index contributed by atoms with van der Waals surface area (Å²) in [6.45, 7) is 2.03. The van der Waals surface area contributed by atoms with Crippen LogP contribution in [0.25, 0.3) is 0 Å². The van der Waals surface area contributed by atoms with Gasteiger partial charge in [-0.25, -0.2) is 0 Å². The lowest BCUT2D eigenvalue weighted by atomic mass is 10.1. The Morgan fingerprint density at radius 3 is 2.71 bits per heavy atom. The fourth-order valence-corrected chi connectivity index (χ4v) is 2.21. The van der Waals surface area contributed by atoms with E-state index in [1.165, 1.54) is 18.9 Å². The number of carbonyl (C=O) groups excluding carboxylic acids is 1. The van der Waals surface area contributed by atoms with Crippen molar-refractivity contribution in [1.29, 1.82) is 0 Å². The van der Waals surface area contributed by atoms with Crippen LogP contribution in [0.4, 0.5) is 0 Å². The number of esters is 1. The number of thioether (sulfide) groups is 1. The molecule has 0 aliphatic rings. The third-order valence-electron chi connectivity index (χ3n) is 2.18. The Kier molecular flexibility index (Phi) is 6.00. The summed E-state index contributed by atoms with van der Waals surface area (Å²) in [6.07, 6.45) is 0. The maximum absolute atomic E-state index is 10.9. The molecule has 1 aromatic rings. The molecule has 5 heteroatoms. The Labute approximate surface area is 111 Å². The van der Waals surface area contributed by atoms with Crippen molar-refractivity contribution in [3.8, 4) is 0 Å². The molecule has 0 radical (unpaired) electrons. The first-order valence-electron chi connectivity index (χ1n) is 5.18. The summed E-state index contributed by atoms with van der Waals surface area (Å²) < 4.78 is 5.15. The number of methoxy groups -OCH3 is 1. The van der Waals surface area contributed by atoms with Gasteiger partial charge in [0.25, 0.3) is 0 Å². The molecule has 0 bridgehead atoms. The van der Waals surface area contributed by atoms with Crippen LogP contribution in [-0.4, -0.2) is 23.2 Å². The Bertz CT molecular complexity index is 381. The van der Waals surface area contributed by atoms with E-state index in [4.69, 9.17) is 12.2 Å². The molecule has 0 fully saturated rings. The second kappa shape index (κ2) is 7.29. The average molecular weight is 269 g/mol. The number of carbonyl (C=O) groups is 1. The maximum atomic E-state index is 10.9. The fourth-order valence-electron chi connectivity index (χ4n) is 1.23. The van der Waals surface area contributed by atoms with Crippen LogP contribution in [0.1, 0.15) is 18.5 Å². The summed E-state index contributed by atoms with van der Waals surface area (Å²) in [5.74, 6) is -0.0318. The van der Waals surface area contributed by atoms with Gasteiger partial charge in [-0.05, 0) is 12.5 Å². The standard InChI is InChI=1S/C12H15NO2S2/c1-9(10-6-4-3-5-7-10)13-12(16)17-8-11(14)15-2/h3-7,9H,8H2,1-2H3,(H,13,16)/t9-/m0/s1. The van der Waals surface area contributed by atoms with E-state index in [0.29, 0.717) is 4.32 Å². The zero-order valence-electron chi connectivity index (χ0n) is 9.80. The van der Waals surface area contributed by atoms with E-state index >= 15 is 0 Å². The molecule has 0 aliphatic carbocycles.